The molecule has 1 aromatic heterocycles. The van der Waals surface area contributed by atoms with Crippen molar-refractivity contribution in [3.05, 3.63) is 23.4 Å². The molecule has 0 amide bonds. The van der Waals surface area contributed by atoms with Crippen molar-refractivity contribution in [2.24, 2.45) is 5.92 Å². The van der Waals surface area contributed by atoms with Gasteiger partial charge in [-0.2, -0.15) is 0 Å². The van der Waals surface area contributed by atoms with Gasteiger partial charge in [0.2, 0.25) is 0 Å². The molecule has 0 saturated carbocycles. The molecule has 1 aliphatic heterocycles. The molecular formula is C17H29N3. The lowest BCUT2D eigenvalue weighted by Gasteiger charge is -2.24. The van der Waals surface area contributed by atoms with Crippen LogP contribution in [0.15, 0.2) is 12.1 Å². The summed E-state index contributed by atoms with van der Waals surface area (Å²) in [6.07, 6.45) is 1.28. The third-order valence-corrected chi connectivity index (χ3v) is 3.97. The van der Waals surface area contributed by atoms with Crippen LogP contribution in [0.3, 0.4) is 0 Å². The number of nitrogens with one attached hydrogen (secondary N) is 1. The minimum atomic E-state index is 0.0995. The molecule has 1 unspecified atom stereocenters. The molecule has 2 rings (SSSR count). The van der Waals surface area contributed by atoms with Crippen molar-refractivity contribution < 1.29 is 0 Å². The van der Waals surface area contributed by atoms with Crippen LogP contribution in [0.2, 0.25) is 0 Å². The molecule has 1 N–H and O–H groups in total. The van der Waals surface area contributed by atoms with Crippen molar-refractivity contribution in [2.75, 3.05) is 24.5 Å². The Kier molecular flexibility index (Phi) is 4.69. The van der Waals surface area contributed by atoms with Crippen molar-refractivity contribution in [2.45, 2.75) is 53.0 Å². The molecule has 0 aliphatic carbocycles. The number of nitrogens with zero attached hydrogens (tertiary/aromatic N) is 2. The van der Waals surface area contributed by atoms with Gasteiger partial charge in [-0.25, -0.2) is 4.98 Å². The average Bonchev–Trinajstić information content (AvgIpc) is 2.82. The Bertz CT molecular complexity index is 448. The lowest BCUT2D eigenvalue weighted by molar-refractivity contribution is 0.565. The van der Waals surface area contributed by atoms with Crippen molar-refractivity contribution in [1.82, 2.24) is 10.3 Å². The molecule has 1 atom stereocenters. The fourth-order valence-corrected chi connectivity index (χ4v) is 2.63. The molecular weight excluding hydrogens is 246 g/mol. The normalized spacial score (nSPS) is 19.6. The summed E-state index contributed by atoms with van der Waals surface area (Å²) in [5.74, 6) is 1.95. The first-order valence-electron chi connectivity index (χ1n) is 7.87. The second kappa shape index (κ2) is 6.13. The largest absolute Gasteiger partial charge is 0.356 e. The average molecular weight is 275 g/mol. The maximum absolute atomic E-state index is 4.93. The van der Waals surface area contributed by atoms with E-state index in [0.29, 0.717) is 0 Å². The van der Waals surface area contributed by atoms with E-state index in [1.807, 2.05) is 0 Å². The van der Waals surface area contributed by atoms with Gasteiger partial charge in [0.1, 0.15) is 5.82 Å². The van der Waals surface area contributed by atoms with E-state index in [0.717, 1.165) is 37.9 Å². The van der Waals surface area contributed by atoms with Crippen LogP contribution in [-0.2, 0) is 12.0 Å². The van der Waals surface area contributed by atoms with E-state index in [1.165, 1.54) is 17.7 Å². The van der Waals surface area contributed by atoms with Crippen molar-refractivity contribution >= 4 is 5.82 Å². The van der Waals surface area contributed by atoms with Gasteiger partial charge in [0.25, 0.3) is 0 Å². The van der Waals surface area contributed by atoms with Crippen LogP contribution < -0.4 is 10.2 Å². The molecule has 3 nitrogen and oxygen atoms in total. The summed E-state index contributed by atoms with van der Waals surface area (Å²) in [6, 6.07) is 4.52. The zero-order valence-corrected chi connectivity index (χ0v) is 13.7. The first kappa shape index (κ1) is 15.3. The first-order valence-corrected chi connectivity index (χ1v) is 7.87. The summed E-state index contributed by atoms with van der Waals surface area (Å²) in [4.78, 5) is 7.37. The smallest absolute Gasteiger partial charge is 0.129 e. The van der Waals surface area contributed by atoms with Gasteiger partial charge in [0, 0.05) is 30.7 Å². The summed E-state index contributed by atoms with van der Waals surface area (Å²) in [7, 11) is 0. The van der Waals surface area contributed by atoms with Gasteiger partial charge in [0.05, 0.1) is 0 Å². The fourth-order valence-electron chi connectivity index (χ4n) is 2.63. The number of aromatic nitrogens is 1. The third kappa shape index (κ3) is 3.72. The number of hydrogen-bond donors (Lipinski definition) is 1. The summed E-state index contributed by atoms with van der Waals surface area (Å²) >= 11 is 0. The summed E-state index contributed by atoms with van der Waals surface area (Å²) in [6.45, 7) is 15.4. The van der Waals surface area contributed by atoms with E-state index in [9.17, 15) is 0 Å². The van der Waals surface area contributed by atoms with Gasteiger partial charge in [-0.3, -0.25) is 0 Å². The first-order chi connectivity index (χ1) is 9.40. The highest BCUT2D eigenvalue weighted by Crippen LogP contribution is 2.27. The molecule has 1 saturated heterocycles. The lowest BCUT2D eigenvalue weighted by Crippen LogP contribution is -2.24. The standard InChI is InChI=1S/C17H29N3/c1-6-18-11-14-9-15(17(3,4)5)19-16(10-14)20-8-7-13(2)12-20/h9-10,13,18H,6-8,11-12H2,1-5H3. The van der Waals surface area contributed by atoms with E-state index in [-0.39, 0.29) is 5.41 Å². The highest BCUT2D eigenvalue weighted by molar-refractivity contribution is 5.45. The van der Waals surface area contributed by atoms with E-state index in [4.69, 9.17) is 4.98 Å². The van der Waals surface area contributed by atoms with Crippen LogP contribution in [0.4, 0.5) is 5.82 Å². The van der Waals surface area contributed by atoms with Gasteiger partial charge in [-0.05, 0) is 36.6 Å². The predicted octanol–water partition coefficient (Wildman–Crippen LogP) is 3.33. The zero-order valence-electron chi connectivity index (χ0n) is 13.7. The Labute approximate surface area is 123 Å². The van der Waals surface area contributed by atoms with Crippen LogP contribution in [0.1, 0.15) is 52.3 Å². The van der Waals surface area contributed by atoms with E-state index in [2.05, 4.69) is 57.0 Å². The van der Waals surface area contributed by atoms with Crippen LogP contribution >= 0.6 is 0 Å². The zero-order chi connectivity index (χ0) is 14.8. The highest BCUT2D eigenvalue weighted by Gasteiger charge is 2.23. The molecule has 20 heavy (non-hydrogen) atoms. The van der Waals surface area contributed by atoms with Gasteiger partial charge < -0.3 is 10.2 Å². The predicted molar refractivity (Wildman–Crippen MR) is 86.3 cm³/mol. The maximum Gasteiger partial charge on any atom is 0.129 e. The van der Waals surface area contributed by atoms with Crippen molar-refractivity contribution in [1.29, 1.82) is 0 Å². The highest BCUT2D eigenvalue weighted by atomic mass is 15.2. The number of pyridine rings is 1. The Balaban J connectivity index is 2.30. The Morgan fingerprint density at radius 1 is 1.35 bits per heavy atom. The minimum Gasteiger partial charge on any atom is -0.356 e. The quantitative estimate of drug-likeness (QED) is 0.913. The fraction of sp³-hybridized carbons (Fsp3) is 0.706. The van der Waals surface area contributed by atoms with Gasteiger partial charge in [-0.1, -0.05) is 34.6 Å². The van der Waals surface area contributed by atoms with E-state index in [1.54, 1.807) is 0 Å². The van der Waals surface area contributed by atoms with Crippen LogP contribution in [-0.4, -0.2) is 24.6 Å². The molecule has 0 aromatic carbocycles. The molecule has 1 aliphatic rings. The summed E-state index contributed by atoms with van der Waals surface area (Å²) in [5.41, 5.74) is 2.64. The second-order valence-electron chi connectivity index (χ2n) is 7.09. The molecule has 0 spiro atoms. The van der Waals surface area contributed by atoms with Gasteiger partial charge >= 0.3 is 0 Å². The second-order valence-corrected chi connectivity index (χ2v) is 7.09. The molecule has 1 aromatic rings. The van der Waals surface area contributed by atoms with Crippen molar-refractivity contribution in [3.8, 4) is 0 Å². The van der Waals surface area contributed by atoms with Gasteiger partial charge in [0.15, 0.2) is 0 Å². The van der Waals surface area contributed by atoms with Gasteiger partial charge in [-0.15, -0.1) is 0 Å². The van der Waals surface area contributed by atoms with Crippen LogP contribution in [0.5, 0.6) is 0 Å². The molecule has 2 heterocycles. The Hall–Kier alpha value is -1.09. The Morgan fingerprint density at radius 2 is 2.10 bits per heavy atom. The maximum atomic E-state index is 4.93. The SMILES string of the molecule is CCNCc1cc(N2CCC(C)C2)nc(C(C)(C)C)c1. The summed E-state index contributed by atoms with van der Waals surface area (Å²) in [5, 5.41) is 3.42. The summed E-state index contributed by atoms with van der Waals surface area (Å²) < 4.78 is 0. The molecule has 3 heteroatoms. The van der Waals surface area contributed by atoms with E-state index >= 15 is 0 Å². The molecule has 1 fully saturated rings. The topological polar surface area (TPSA) is 28.2 Å². The number of hydrogen-bond acceptors (Lipinski definition) is 3. The van der Waals surface area contributed by atoms with Crippen LogP contribution in [0.25, 0.3) is 0 Å². The third-order valence-electron chi connectivity index (χ3n) is 3.97. The molecule has 0 bridgehead atoms. The number of anilines is 1. The Morgan fingerprint density at radius 3 is 2.65 bits per heavy atom. The monoisotopic (exact) mass is 275 g/mol. The molecule has 112 valence electrons. The number of rotatable bonds is 4. The lowest BCUT2D eigenvalue weighted by atomic mass is 9.90. The minimum absolute atomic E-state index is 0.0995. The van der Waals surface area contributed by atoms with Crippen LogP contribution in [0, 0.1) is 5.92 Å². The molecule has 0 radical (unpaired) electrons. The van der Waals surface area contributed by atoms with Crippen molar-refractivity contribution in [3.63, 3.8) is 0 Å². The van der Waals surface area contributed by atoms with E-state index < -0.39 is 0 Å².